The first-order chi connectivity index (χ1) is 11.0. The molecule has 2 fully saturated rings. The zero-order chi connectivity index (χ0) is 16.1. The number of rotatable bonds is 1. The third-order valence-corrected chi connectivity index (χ3v) is 6.02. The number of allylic oxidation sites excluding steroid dienone is 2. The molecule has 0 amide bonds. The van der Waals surface area contributed by atoms with E-state index in [0.717, 1.165) is 13.2 Å². The van der Waals surface area contributed by atoms with E-state index < -0.39 is 0 Å². The number of nitrogens with zero attached hydrogens (tertiary/aromatic N) is 1. The molecule has 23 heavy (non-hydrogen) atoms. The Bertz CT molecular complexity index is 600. The Morgan fingerprint density at radius 3 is 2.65 bits per heavy atom. The molecule has 1 spiro atoms. The van der Waals surface area contributed by atoms with Crippen LogP contribution < -0.4 is 0 Å². The number of hydrogen-bond acceptors (Lipinski definition) is 2. The van der Waals surface area contributed by atoms with Crippen molar-refractivity contribution in [1.82, 2.24) is 4.90 Å². The molecule has 0 unspecified atom stereocenters. The molecule has 1 aromatic carbocycles. The first-order valence-electron chi connectivity index (χ1n) is 9.21. The lowest BCUT2D eigenvalue weighted by Crippen LogP contribution is -2.57. The van der Waals surface area contributed by atoms with Crippen LogP contribution >= 0.6 is 0 Å². The highest BCUT2D eigenvalue weighted by Gasteiger charge is 2.56. The summed E-state index contributed by atoms with van der Waals surface area (Å²) in [4.78, 5) is 2.64. The fourth-order valence-electron chi connectivity index (χ4n) is 5.07. The maximum atomic E-state index is 6.51. The number of ether oxygens (including phenoxy) is 1. The summed E-state index contributed by atoms with van der Waals surface area (Å²) >= 11 is 0. The van der Waals surface area contributed by atoms with E-state index in [-0.39, 0.29) is 11.1 Å². The zero-order valence-corrected chi connectivity index (χ0v) is 14.7. The van der Waals surface area contributed by atoms with E-state index in [0.29, 0.717) is 11.8 Å². The number of benzene rings is 1. The summed E-state index contributed by atoms with van der Waals surface area (Å²) in [5.74, 6) is 1.08. The second-order valence-corrected chi connectivity index (χ2v) is 8.44. The third kappa shape index (κ3) is 2.34. The minimum absolute atomic E-state index is 0.0455. The first-order valence-corrected chi connectivity index (χ1v) is 9.21. The Kier molecular flexibility index (Phi) is 3.57. The monoisotopic (exact) mass is 311 g/mol. The average molecular weight is 311 g/mol. The Morgan fingerprint density at radius 1 is 1.13 bits per heavy atom. The third-order valence-electron chi connectivity index (χ3n) is 6.02. The van der Waals surface area contributed by atoms with Gasteiger partial charge in [-0.2, -0.15) is 0 Å². The summed E-state index contributed by atoms with van der Waals surface area (Å²) in [5, 5.41) is 0. The fraction of sp³-hybridized carbons (Fsp3) is 0.619. The van der Waals surface area contributed by atoms with Gasteiger partial charge < -0.3 is 9.64 Å². The summed E-state index contributed by atoms with van der Waals surface area (Å²) < 4.78 is 6.51. The van der Waals surface area contributed by atoms with E-state index in [4.69, 9.17) is 4.74 Å². The Morgan fingerprint density at radius 2 is 1.91 bits per heavy atom. The average Bonchev–Trinajstić information content (AvgIpc) is 2.96. The van der Waals surface area contributed by atoms with E-state index in [1.165, 1.54) is 36.9 Å². The van der Waals surface area contributed by atoms with Crippen LogP contribution in [0.2, 0.25) is 0 Å². The minimum Gasteiger partial charge on any atom is -0.353 e. The molecule has 3 aliphatic rings. The Balaban J connectivity index is 1.86. The van der Waals surface area contributed by atoms with E-state index in [2.05, 4.69) is 62.1 Å². The van der Waals surface area contributed by atoms with Crippen LogP contribution in [0.15, 0.2) is 42.1 Å². The molecule has 2 heteroatoms. The van der Waals surface area contributed by atoms with Crippen LogP contribution in [0.1, 0.15) is 57.9 Å². The minimum atomic E-state index is -0.0455. The Hall–Kier alpha value is -1.28. The van der Waals surface area contributed by atoms with Crippen molar-refractivity contribution in [2.24, 2.45) is 11.3 Å². The second kappa shape index (κ2) is 5.37. The van der Waals surface area contributed by atoms with Crippen molar-refractivity contribution in [3.05, 3.63) is 47.7 Å². The first kappa shape index (κ1) is 15.3. The van der Waals surface area contributed by atoms with E-state index in [1.807, 2.05) is 0 Å². The predicted octanol–water partition coefficient (Wildman–Crippen LogP) is 4.93. The fourth-order valence-corrected chi connectivity index (χ4v) is 5.07. The maximum Gasteiger partial charge on any atom is 0.144 e. The molecule has 1 saturated carbocycles. The zero-order valence-electron chi connectivity index (χ0n) is 14.7. The Labute approximate surface area is 140 Å². The molecule has 4 rings (SSSR count). The van der Waals surface area contributed by atoms with Gasteiger partial charge >= 0.3 is 0 Å². The molecule has 0 N–H and O–H groups in total. The molecule has 0 aromatic heterocycles. The van der Waals surface area contributed by atoms with E-state index in [1.54, 1.807) is 0 Å². The molecule has 124 valence electrons. The van der Waals surface area contributed by atoms with Crippen molar-refractivity contribution in [3.8, 4) is 0 Å². The lowest BCUT2D eigenvalue weighted by Gasteiger charge is -2.55. The van der Waals surface area contributed by atoms with Crippen LogP contribution in [-0.2, 0) is 4.74 Å². The van der Waals surface area contributed by atoms with Gasteiger partial charge in [0.1, 0.15) is 5.72 Å². The summed E-state index contributed by atoms with van der Waals surface area (Å²) in [6.45, 7) is 8.97. The summed E-state index contributed by atoms with van der Waals surface area (Å²) in [6, 6.07) is 11.1. The molecule has 0 bridgehead atoms. The van der Waals surface area contributed by atoms with Gasteiger partial charge in [0.2, 0.25) is 0 Å². The van der Waals surface area contributed by atoms with E-state index in [9.17, 15) is 0 Å². The van der Waals surface area contributed by atoms with Gasteiger partial charge in [-0.05, 0) is 24.8 Å². The van der Waals surface area contributed by atoms with E-state index >= 15 is 0 Å². The molecule has 2 heterocycles. The highest BCUT2D eigenvalue weighted by molar-refractivity contribution is 5.33. The molecule has 2 nitrogen and oxygen atoms in total. The van der Waals surface area contributed by atoms with Crippen molar-refractivity contribution in [2.75, 3.05) is 13.2 Å². The highest BCUT2D eigenvalue weighted by Crippen LogP contribution is 2.55. The van der Waals surface area contributed by atoms with Crippen molar-refractivity contribution in [2.45, 2.75) is 58.1 Å². The van der Waals surface area contributed by atoms with Crippen LogP contribution in [0.25, 0.3) is 0 Å². The smallest absolute Gasteiger partial charge is 0.144 e. The van der Waals surface area contributed by atoms with Gasteiger partial charge in [-0.15, -0.1) is 0 Å². The summed E-state index contributed by atoms with van der Waals surface area (Å²) in [7, 11) is 0. The van der Waals surface area contributed by atoms with Gasteiger partial charge in [-0.1, -0.05) is 63.6 Å². The van der Waals surface area contributed by atoms with Gasteiger partial charge in [-0.3, -0.25) is 0 Å². The number of hydrogen-bond donors (Lipinski definition) is 0. The van der Waals surface area contributed by atoms with Crippen LogP contribution in [-0.4, -0.2) is 23.8 Å². The summed E-state index contributed by atoms with van der Waals surface area (Å²) in [6.07, 6.45) is 7.67. The largest absolute Gasteiger partial charge is 0.353 e. The van der Waals surface area contributed by atoms with Crippen molar-refractivity contribution in [3.63, 3.8) is 0 Å². The quantitative estimate of drug-likeness (QED) is 0.729. The van der Waals surface area contributed by atoms with Crippen LogP contribution in [0.5, 0.6) is 0 Å². The van der Waals surface area contributed by atoms with Crippen molar-refractivity contribution < 1.29 is 4.74 Å². The summed E-state index contributed by atoms with van der Waals surface area (Å²) in [5.41, 5.74) is 3.06. The molecule has 1 saturated heterocycles. The lowest BCUT2D eigenvalue weighted by atomic mass is 9.66. The highest BCUT2D eigenvalue weighted by atomic mass is 16.5. The molecule has 3 atom stereocenters. The topological polar surface area (TPSA) is 12.5 Å². The second-order valence-electron chi connectivity index (χ2n) is 8.44. The molecule has 1 aliphatic carbocycles. The van der Waals surface area contributed by atoms with Gasteiger partial charge in [0.15, 0.2) is 0 Å². The normalized spacial score (nSPS) is 33.9. The molecule has 2 aliphatic heterocycles. The molecule has 0 radical (unpaired) electrons. The molecular formula is C21H29NO. The van der Waals surface area contributed by atoms with Gasteiger partial charge in [0.05, 0.1) is 6.61 Å². The van der Waals surface area contributed by atoms with Crippen LogP contribution in [0, 0.1) is 11.3 Å². The van der Waals surface area contributed by atoms with Crippen molar-refractivity contribution in [1.29, 1.82) is 0 Å². The van der Waals surface area contributed by atoms with Gasteiger partial charge in [-0.25, -0.2) is 0 Å². The van der Waals surface area contributed by atoms with Crippen LogP contribution in [0.4, 0.5) is 0 Å². The van der Waals surface area contributed by atoms with Gasteiger partial charge in [0.25, 0.3) is 0 Å². The standard InChI is InChI=1S/C21H29NO/c1-20(2,3)19-15-17(16-9-5-4-6-10-16)18-11-7-8-12-21(18)22(19)13-14-23-21/h4-6,9-10,15,17-18H,7-8,11-14H2,1-3H3/t17-,18-,21+/m1/s1. The maximum absolute atomic E-state index is 6.51. The molecule has 1 aromatic rings. The lowest BCUT2D eigenvalue weighted by molar-refractivity contribution is -0.151. The predicted molar refractivity (Wildman–Crippen MR) is 94.1 cm³/mol. The SMILES string of the molecule is CC(C)(C)C1=C[C@H](c2ccccc2)[C@H]2CCCC[C@]23OCCN13. The van der Waals surface area contributed by atoms with Crippen LogP contribution in [0.3, 0.4) is 0 Å². The van der Waals surface area contributed by atoms with Gasteiger partial charge in [0, 0.05) is 29.5 Å². The van der Waals surface area contributed by atoms with Crippen molar-refractivity contribution >= 4 is 0 Å². The molecular weight excluding hydrogens is 282 g/mol.